The lowest BCUT2D eigenvalue weighted by Crippen LogP contribution is -2.11. The molecule has 0 radical (unpaired) electrons. The van der Waals surface area contributed by atoms with E-state index in [-0.39, 0.29) is 11.9 Å². The van der Waals surface area contributed by atoms with E-state index in [1.54, 1.807) is 0 Å². The van der Waals surface area contributed by atoms with Gasteiger partial charge in [0.25, 0.3) is 0 Å². The lowest BCUT2D eigenvalue weighted by molar-refractivity contribution is 0.242. The zero-order valence-electron chi connectivity index (χ0n) is 11.6. The first-order valence-corrected chi connectivity index (χ1v) is 6.59. The molecule has 0 atom stereocenters. The molecule has 0 saturated carbocycles. The van der Waals surface area contributed by atoms with Crippen molar-refractivity contribution in [2.75, 3.05) is 11.9 Å². The summed E-state index contributed by atoms with van der Waals surface area (Å²) in [7, 11) is 0. The van der Waals surface area contributed by atoms with Crippen LogP contribution in [0.1, 0.15) is 33.1 Å². The van der Waals surface area contributed by atoms with Crippen LogP contribution in [-0.2, 0) is 0 Å². The number of nitrogens with zero attached hydrogens (tertiary/aromatic N) is 1. The van der Waals surface area contributed by atoms with Crippen LogP contribution in [0, 0.1) is 0 Å². The van der Waals surface area contributed by atoms with Crippen LogP contribution in [-0.4, -0.2) is 23.7 Å². The molecule has 0 aliphatic rings. The molecule has 0 aliphatic heterocycles. The van der Waals surface area contributed by atoms with Crippen molar-refractivity contribution in [3.63, 3.8) is 0 Å². The summed E-state index contributed by atoms with van der Waals surface area (Å²) in [4.78, 5) is 0. The van der Waals surface area contributed by atoms with Crippen molar-refractivity contribution < 1.29 is 9.94 Å². The molecule has 0 aromatic heterocycles. The quantitative estimate of drug-likeness (QED) is 0.222. The van der Waals surface area contributed by atoms with Gasteiger partial charge in [-0.1, -0.05) is 5.16 Å². The van der Waals surface area contributed by atoms with Gasteiger partial charge in [0.15, 0.2) is 0 Å². The molecule has 0 bridgehead atoms. The van der Waals surface area contributed by atoms with Crippen molar-refractivity contribution in [3.05, 3.63) is 24.3 Å². The Morgan fingerprint density at radius 3 is 2.58 bits per heavy atom. The Balaban J connectivity index is 2.23. The van der Waals surface area contributed by atoms with Gasteiger partial charge in [0.05, 0.1) is 6.10 Å². The summed E-state index contributed by atoms with van der Waals surface area (Å²) in [6.07, 6.45) is 2.69. The molecular weight excluding hydrogens is 242 g/mol. The Kier molecular flexibility index (Phi) is 6.57. The molecule has 0 heterocycles. The number of ether oxygens (including phenoxy) is 1. The molecule has 0 spiro atoms. The molecule has 0 fully saturated rings. The van der Waals surface area contributed by atoms with Crippen LogP contribution in [0.15, 0.2) is 29.4 Å². The van der Waals surface area contributed by atoms with Gasteiger partial charge < -0.3 is 21.0 Å². The topological polar surface area (TPSA) is 79.9 Å². The fraction of sp³-hybridized carbons (Fsp3) is 0.500. The van der Waals surface area contributed by atoms with E-state index in [1.807, 2.05) is 38.1 Å². The molecule has 19 heavy (non-hydrogen) atoms. The average Bonchev–Trinajstić information content (AvgIpc) is 2.39. The summed E-state index contributed by atoms with van der Waals surface area (Å²) in [6.45, 7) is 4.88. The smallest absolute Gasteiger partial charge is 0.139 e. The number of anilines is 1. The second-order valence-corrected chi connectivity index (χ2v) is 4.67. The van der Waals surface area contributed by atoms with Crippen LogP contribution in [0.25, 0.3) is 0 Å². The first-order valence-electron chi connectivity index (χ1n) is 6.59. The van der Waals surface area contributed by atoms with E-state index in [4.69, 9.17) is 15.7 Å². The van der Waals surface area contributed by atoms with Crippen LogP contribution >= 0.6 is 0 Å². The Hall–Kier alpha value is -1.91. The summed E-state index contributed by atoms with van der Waals surface area (Å²) in [5.74, 6) is 1.17. The number of nitrogens with two attached hydrogens (primary N) is 1. The summed E-state index contributed by atoms with van der Waals surface area (Å²) in [5, 5.41) is 14.6. The van der Waals surface area contributed by atoms with E-state index >= 15 is 0 Å². The fourth-order valence-electron chi connectivity index (χ4n) is 1.64. The molecule has 1 aromatic rings. The molecule has 5 heteroatoms. The summed E-state index contributed by atoms with van der Waals surface area (Å²) >= 11 is 0. The van der Waals surface area contributed by atoms with Gasteiger partial charge in [0, 0.05) is 18.7 Å². The van der Waals surface area contributed by atoms with Gasteiger partial charge in [-0.05, 0) is 51.0 Å². The number of oxime groups is 1. The first kappa shape index (κ1) is 15.1. The third-order valence-electron chi connectivity index (χ3n) is 2.54. The van der Waals surface area contributed by atoms with E-state index in [0.29, 0.717) is 6.42 Å². The van der Waals surface area contributed by atoms with Crippen LogP contribution in [0.5, 0.6) is 5.75 Å². The minimum atomic E-state index is 0.192. The van der Waals surface area contributed by atoms with E-state index in [9.17, 15) is 0 Å². The number of unbranched alkanes of at least 4 members (excludes halogenated alkanes) is 1. The number of amidine groups is 1. The number of nitrogens with one attached hydrogen (secondary N) is 1. The van der Waals surface area contributed by atoms with E-state index < -0.39 is 0 Å². The third kappa shape index (κ3) is 6.55. The highest BCUT2D eigenvalue weighted by atomic mass is 16.5. The van der Waals surface area contributed by atoms with E-state index in [2.05, 4.69) is 10.5 Å². The molecule has 106 valence electrons. The maximum atomic E-state index is 8.39. The molecular formula is C14H23N3O2. The van der Waals surface area contributed by atoms with Crippen LogP contribution in [0.4, 0.5) is 5.69 Å². The SMILES string of the molecule is CC(C)Oc1ccc(NCCCCC(N)=NO)cc1. The second-order valence-electron chi connectivity index (χ2n) is 4.67. The molecule has 1 rings (SSSR count). The monoisotopic (exact) mass is 265 g/mol. The Labute approximate surface area is 114 Å². The second kappa shape index (κ2) is 8.24. The fourth-order valence-corrected chi connectivity index (χ4v) is 1.64. The number of hydrogen-bond donors (Lipinski definition) is 3. The molecule has 5 nitrogen and oxygen atoms in total. The highest BCUT2D eigenvalue weighted by Gasteiger charge is 1.98. The number of rotatable bonds is 8. The lowest BCUT2D eigenvalue weighted by atomic mass is 10.2. The van der Waals surface area contributed by atoms with Gasteiger partial charge in [-0.3, -0.25) is 0 Å². The molecule has 0 unspecified atom stereocenters. The normalized spacial score (nSPS) is 11.6. The van der Waals surface area contributed by atoms with Crippen molar-refractivity contribution in [1.82, 2.24) is 0 Å². The zero-order chi connectivity index (χ0) is 14.1. The predicted octanol–water partition coefficient (Wildman–Crippen LogP) is 2.80. The standard InChI is InChI=1S/C14H23N3O2/c1-11(2)19-13-8-6-12(7-9-13)16-10-4-3-5-14(15)17-18/h6-9,11,16,18H,3-5,10H2,1-2H3,(H2,15,17). The van der Waals surface area contributed by atoms with Gasteiger partial charge in [-0.15, -0.1) is 0 Å². The molecule has 0 aliphatic carbocycles. The number of benzene rings is 1. The summed E-state index contributed by atoms with van der Waals surface area (Å²) in [6, 6.07) is 7.92. The number of hydrogen-bond acceptors (Lipinski definition) is 4. The van der Waals surface area contributed by atoms with Crippen molar-refractivity contribution in [1.29, 1.82) is 0 Å². The average molecular weight is 265 g/mol. The van der Waals surface area contributed by atoms with Gasteiger partial charge in [0.2, 0.25) is 0 Å². The third-order valence-corrected chi connectivity index (χ3v) is 2.54. The van der Waals surface area contributed by atoms with Gasteiger partial charge in [-0.2, -0.15) is 0 Å². The van der Waals surface area contributed by atoms with E-state index in [0.717, 1.165) is 30.8 Å². The largest absolute Gasteiger partial charge is 0.491 e. The van der Waals surface area contributed by atoms with Crippen molar-refractivity contribution in [2.45, 2.75) is 39.2 Å². The van der Waals surface area contributed by atoms with Gasteiger partial charge in [-0.25, -0.2) is 0 Å². The van der Waals surface area contributed by atoms with Crippen LogP contribution < -0.4 is 15.8 Å². The molecule has 1 aromatic carbocycles. The zero-order valence-corrected chi connectivity index (χ0v) is 11.6. The van der Waals surface area contributed by atoms with Crippen molar-refractivity contribution in [2.24, 2.45) is 10.9 Å². The molecule has 0 saturated heterocycles. The predicted molar refractivity (Wildman–Crippen MR) is 78.0 cm³/mol. The molecule has 4 N–H and O–H groups in total. The highest BCUT2D eigenvalue weighted by Crippen LogP contribution is 2.16. The first-order chi connectivity index (χ1) is 9.11. The molecule has 0 amide bonds. The minimum Gasteiger partial charge on any atom is -0.491 e. The highest BCUT2D eigenvalue weighted by molar-refractivity contribution is 5.79. The maximum Gasteiger partial charge on any atom is 0.139 e. The van der Waals surface area contributed by atoms with E-state index in [1.165, 1.54) is 0 Å². The Bertz CT molecular complexity index is 388. The van der Waals surface area contributed by atoms with Gasteiger partial charge >= 0.3 is 0 Å². The van der Waals surface area contributed by atoms with Crippen LogP contribution in [0.3, 0.4) is 0 Å². The lowest BCUT2D eigenvalue weighted by Gasteiger charge is -2.11. The Morgan fingerprint density at radius 2 is 2.00 bits per heavy atom. The minimum absolute atomic E-state index is 0.192. The Morgan fingerprint density at radius 1 is 1.32 bits per heavy atom. The maximum absolute atomic E-state index is 8.39. The van der Waals surface area contributed by atoms with Crippen molar-refractivity contribution in [3.8, 4) is 5.75 Å². The van der Waals surface area contributed by atoms with Gasteiger partial charge in [0.1, 0.15) is 11.6 Å². The van der Waals surface area contributed by atoms with Crippen molar-refractivity contribution >= 4 is 11.5 Å². The van der Waals surface area contributed by atoms with Crippen LogP contribution in [0.2, 0.25) is 0 Å². The summed E-state index contributed by atoms with van der Waals surface area (Å²) < 4.78 is 5.57. The summed E-state index contributed by atoms with van der Waals surface area (Å²) in [5.41, 5.74) is 6.46.